The first-order valence-electron chi connectivity index (χ1n) is 4.65. The lowest BCUT2D eigenvalue weighted by atomic mass is 9.91. The van der Waals surface area contributed by atoms with E-state index in [0.717, 1.165) is 0 Å². The van der Waals surface area contributed by atoms with Crippen LogP contribution in [0.15, 0.2) is 12.6 Å². The number of aliphatic hydroxyl groups is 2. The van der Waals surface area contributed by atoms with Gasteiger partial charge in [0.2, 0.25) is 0 Å². The average Bonchev–Trinajstić information content (AvgIpc) is 1.80. The van der Waals surface area contributed by atoms with Gasteiger partial charge < -0.3 is 10.2 Å². The molecule has 0 aromatic carbocycles. The molecule has 0 aliphatic carbocycles. The Morgan fingerprint density at radius 2 is 2.10 bits per heavy atom. The molecule has 2 N–H and O–H groups in total. The Morgan fingerprint density at radius 1 is 1.60 bits per heavy atom. The van der Waals surface area contributed by atoms with E-state index in [1.54, 1.807) is 0 Å². The normalized spacial score (nSPS) is 21.9. The van der Waals surface area contributed by atoms with Crippen molar-refractivity contribution in [2.75, 3.05) is 0 Å². The molecule has 1 atom stereocenters. The summed E-state index contributed by atoms with van der Waals surface area (Å²) in [6.45, 7) is 3.59. The molecule has 0 radical (unpaired) electrons. The Bertz CT molecular complexity index is 212. The summed E-state index contributed by atoms with van der Waals surface area (Å²) in [4.78, 5) is 0. The third-order valence-corrected chi connectivity index (χ3v) is 1.05. The molecule has 0 aromatic heterocycles. The van der Waals surface area contributed by atoms with Crippen LogP contribution in [0.4, 0.5) is 0 Å². The van der Waals surface area contributed by atoms with E-state index in [1.165, 1.54) is 20.8 Å². The Balaban J connectivity index is 4.69. The van der Waals surface area contributed by atoms with Gasteiger partial charge in [0.1, 0.15) is 0 Å². The van der Waals surface area contributed by atoms with Gasteiger partial charge >= 0.3 is 0 Å². The maximum atomic E-state index is 9.64. The van der Waals surface area contributed by atoms with Crippen molar-refractivity contribution in [3.8, 4) is 0 Å². The summed E-state index contributed by atoms with van der Waals surface area (Å²) in [5, 5.41) is 19.0. The minimum atomic E-state index is -1.61. The zero-order valence-electron chi connectivity index (χ0n) is 9.60. The molecule has 0 aliphatic rings. The highest BCUT2D eigenvalue weighted by Crippen LogP contribution is 2.19. The summed E-state index contributed by atoms with van der Waals surface area (Å²) in [5.41, 5.74) is -2.73. The van der Waals surface area contributed by atoms with Crippen LogP contribution in [0.1, 0.15) is 31.3 Å². The molecule has 0 saturated heterocycles. The molecule has 0 fully saturated rings. The fraction of sp³-hybridized carbons (Fsp3) is 0.750. The van der Waals surface area contributed by atoms with Crippen LogP contribution in [0.2, 0.25) is 0 Å². The predicted octanol–water partition coefficient (Wildman–Crippen LogP) is 1.08. The summed E-state index contributed by atoms with van der Waals surface area (Å²) in [7, 11) is 0. The van der Waals surface area contributed by atoms with Crippen LogP contribution in [-0.2, 0) is 0 Å². The summed E-state index contributed by atoms with van der Waals surface area (Å²) < 4.78 is 21.0. The molecule has 0 saturated carbocycles. The van der Waals surface area contributed by atoms with Gasteiger partial charge in [-0.3, -0.25) is 0 Å². The second-order valence-corrected chi connectivity index (χ2v) is 3.39. The van der Waals surface area contributed by atoms with Gasteiger partial charge in [0, 0.05) is 6.42 Å². The molecule has 60 valence electrons. The standard InChI is InChI=1S/C8H16O2/c1-5-8(4,10)6-7(2,3)9/h5,9-10H,1,6H2,2-4H3/i1D2,5D. The van der Waals surface area contributed by atoms with Gasteiger partial charge in [-0.2, -0.15) is 0 Å². The van der Waals surface area contributed by atoms with Crippen molar-refractivity contribution in [2.24, 2.45) is 0 Å². The van der Waals surface area contributed by atoms with Crippen LogP contribution in [0.25, 0.3) is 0 Å². The second-order valence-electron chi connectivity index (χ2n) is 3.39. The first kappa shape index (κ1) is 5.33. The summed E-state index contributed by atoms with van der Waals surface area (Å²) in [6.07, 6.45) is -0.0694. The molecule has 2 nitrogen and oxygen atoms in total. The van der Waals surface area contributed by atoms with Crippen molar-refractivity contribution in [2.45, 2.75) is 38.4 Å². The maximum absolute atomic E-state index is 9.64. The molecule has 0 rings (SSSR count). The topological polar surface area (TPSA) is 40.5 Å². The zero-order valence-corrected chi connectivity index (χ0v) is 6.60. The van der Waals surface area contributed by atoms with Gasteiger partial charge in [-0.05, 0) is 20.8 Å². The Labute approximate surface area is 66.4 Å². The highest BCUT2D eigenvalue weighted by Gasteiger charge is 2.25. The predicted molar refractivity (Wildman–Crippen MR) is 41.7 cm³/mol. The average molecular weight is 147 g/mol. The van der Waals surface area contributed by atoms with Crippen LogP contribution in [0.5, 0.6) is 0 Å². The van der Waals surface area contributed by atoms with E-state index in [4.69, 9.17) is 4.11 Å². The van der Waals surface area contributed by atoms with Crippen molar-refractivity contribution >= 4 is 0 Å². The molecule has 0 aliphatic heterocycles. The molecular weight excluding hydrogens is 128 g/mol. The Hall–Kier alpha value is -0.340. The first-order chi connectivity index (χ1) is 5.56. The van der Waals surface area contributed by atoms with Crippen molar-refractivity contribution in [1.29, 1.82) is 0 Å². The molecule has 0 heterocycles. The van der Waals surface area contributed by atoms with Gasteiger partial charge in [0.15, 0.2) is 0 Å². The molecule has 0 bridgehead atoms. The lowest BCUT2D eigenvalue weighted by molar-refractivity contribution is -0.00879. The first-order valence-corrected chi connectivity index (χ1v) is 3.15. The van der Waals surface area contributed by atoms with Crippen LogP contribution in [0.3, 0.4) is 0 Å². The van der Waals surface area contributed by atoms with Crippen LogP contribution in [0, 0.1) is 0 Å². The monoisotopic (exact) mass is 147 g/mol. The fourth-order valence-electron chi connectivity index (χ4n) is 0.887. The van der Waals surface area contributed by atoms with Gasteiger partial charge in [-0.15, -0.1) is 6.53 Å². The van der Waals surface area contributed by atoms with Gasteiger partial charge in [-0.25, -0.2) is 0 Å². The summed E-state index contributed by atoms with van der Waals surface area (Å²) >= 11 is 0. The quantitative estimate of drug-likeness (QED) is 0.586. The minimum Gasteiger partial charge on any atom is -0.390 e. The third kappa shape index (κ3) is 4.53. The molecule has 1 unspecified atom stereocenters. The largest absolute Gasteiger partial charge is 0.390 e. The highest BCUT2D eigenvalue weighted by atomic mass is 16.3. The smallest absolute Gasteiger partial charge is 0.0824 e. The third-order valence-electron chi connectivity index (χ3n) is 1.05. The minimum absolute atomic E-state index is 0.0694. The fourth-order valence-corrected chi connectivity index (χ4v) is 0.887. The van der Waals surface area contributed by atoms with E-state index in [1.807, 2.05) is 0 Å². The van der Waals surface area contributed by atoms with E-state index in [9.17, 15) is 10.2 Å². The molecule has 0 aromatic rings. The maximum Gasteiger partial charge on any atom is 0.0824 e. The van der Waals surface area contributed by atoms with Crippen molar-refractivity contribution in [1.82, 2.24) is 0 Å². The van der Waals surface area contributed by atoms with E-state index in [2.05, 4.69) is 0 Å². The molecule has 10 heavy (non-hydrogen) atoms. The van der Waals surface area contributed by atoms with Gasteiger partial charge in [0.25, 0.3) is 0 Å². The summed E-state index contributed by atoms with van der Waals surface area (Å²) in [5.74, 6) is 0. The van der Waals surface area contributed by atoms with Gasteiger partial charge in [0.05, 0.1) is 15.3 Å². The van der Waals surface area contributed by atoms with E-state index in [-0.39, 0.29) is 6.42 Å². The van der Waals surface area contributed by atoms with Crippen LogP contribution < -0.4 is 0 Å². The molecule has 2 heteroatoms. The zero-order chi connectivity index (χ0) is 10.9. The molecule has 0 amide bonds. The van der Waals surface area contributed by atoms with E-state index in [0.29, 0.717) is 0 Å². The number of rotatable bonds is 3. The van der Waals surface area contributed by atoms with Crippen LogP contribution >= 0.6 is 0 Å². The van der Waals surface area contributed by atoms with E-state index >= 15 is 0 Å². The van der Waals surface area contributed by atoms with Gasteiger partial charge in [-0.1, -0.05) is 6.05 Å². The number of hydrogen-bond acceptors (Lipinski definition) is 2. The lowest BCUT2D eigenvalue weighted by Gasteiger charge is -2.26. The summed E-state index contributed by atoms with van der Waals surface area (Å²) in [6, 6.07) is -0.477. The lowest BCUT2D eigenvalue weighted by Crippen LogP contribution is -2.33. The highest BCUT2D eigenvalue weighted by molar-refractivity contribution is 4.95. The van der Waals surface area contributed by atoms with E-state index < -0.39 is 23.8 Å². The Morgan fingerprint density at radius 3 is 2.40 bits per heavy atom. The molecule has 0 spiro atoms. The number of hydrogen-bond donors (Lipinski definition) is 2. The van der Waals surface area contributed by atoms with Crippen molar-refractivity contribution in [3.05, 3.63) is 12.6 Å². The second kappa shape index (κ2) is 2.72. The SMILES string of the molecule is [2H]C([2H])=C([2H])C(C)(O)CC(C)(C)O. The van der Waals surface area contributed by atoms with Crippen molar-refractivity contribution in [3.63, 3.8) is 0 Å². The van der Waals surface area contributed by atoms with Crippen LogP contribution in [-0.4, -0.2) is 21.4 Å². The molecular formula is C8H16O2. The Kier molecular flexibility index (Phi) is 1.45. The van der Waals surface area contributed by atoms with Crippen molar-refractivity contribution < 1.29 is 14.3 Å².